The number of thiophene rings is 1. The van der Waals surface area contributed by atoms with Crippen molar-refractivity contribution in [2.24, 2.45) is 0 Å². The van der Waals surface area contributed by atoms with Gasteiger partial charge >= 0.3 is 0 Å². The maximum absolute atomic E-state index is 3.68. The van der Waals surface area contributed by atoms with Gasteiger partial charge in [-0.1, -0.05) is 6.92 Å². The van der Waals surface area contributed by atoms with Crippen molar-refractivity contribution in [1.29, 1.82) is 0 Å². The maximum atomic E-state index is 3.68. The van der Waals surface area contributed by atoms with Crippen LogP contribution in [0, 0.1) is 0 Å². The van der Waals surface area contributed by atoms with Gasteiger partial charge in [-0.05, 0) is 68.5 Å². The molecule has 2 heterocycles. The van der Waals surface area contributed by atoms with E-state index in [9.17, 15) is 0 Å². The van der Waals surface area contributed by atoms with E-state index < -0.39 is 0 Å². The standard InChI is InChI=1S/C16H28N2S/c1-4-7-17-16-5-8-18(14(3)11-16)13(2)10-15-6-9-19-12-15/h6,9,12-14,16-17H,4-5,7-8,10-11H2,1-3H3. The lowest BCUT2D eigenvalue weighted by atomic mass is 9.95. The zero-order valence-electron chi connectivity index (χ0n) is 12.6. The van der Waals surface area contributed by atoms with E-state index in [2.05, 4.69) is 47.8 Å². The summed E-state index contributed by atoms with van der Waals surface area (Å²) in [6.45, 7) is 9.43. The molecule has 108 valence electrons. The van der Waals surface area contributed by atoms with Crippen LogP contribution in [0.2, 0.25) is 0 Å². The van der Waals surface area contributed by atoms with E-state index in [-0.39, 0.29) is 0 Å². The smallest absolute Gasteiger partial charge is 0.0110 e. The fourth-order valence-corrected chi connectivity index (χ4v) is 3.93. The lowest BCUT2D eigenvalue weighted by Gasteiger charge is -2.41. The van der Waals surface area contributed by atoms with Gasteiger partial charge in [0.1, 0.15) is 0 Å². The molecule has 2 nitrogen and oxygen atoms in total. The Morgan fingerprint density at radius 1 is 1.53 bits per heavy atom. The van der Waals surface area contributed by atoms with Gasteiger partial charge in [0.05, 0.1) is 0 Å². The predicted molar refractivity (Wildman–Crippen MR) is 85.0 cm³/mol. The van der Waals surface area contributed by atoms with Crippen molar-refractivity contribution in [1.82, 2.24) is 10.2 Å². The molecule has 0 spiro atoms. The summed E-state index contributed by atoms with van der Waals surface area (Å²) in [5.41, 5.74) is 1.50. The first kappa shape index (κ1) is 15.0. The number of likely N-dealkylation sites (tertiary alicyclic amines) is 1. The van der Waals surface area contributed by atoms with Gasteiger partial charge in [-0.15, -0.1) is 0 Å². The van der Waals surface area contributed by atoms with E-state index in [4.69, 9.17) is 0 Å². The minimum Gasteiger partial charge on any atom is -0.314 e. The summed E-state index contributed by atoms with van der Waals surface area (Å²) in [7, 11) is 0. The zero-order chi connectivity index (χ0) is 13.7. The molecule has 1 aliphatic rings. The quantitative estimate of drug-likeness (QED) is 0.857. The molecule has 1 aliphatic heterocycles. The molecule has 0 aromatic carbocycles. The molecule has 0 amide bonds. The summed E-state index contributed by atoms with van der Waals surface area (Å²) in [5.74, 6) is 0. The summed E-state index contributed by atoms with van der Waals surface area (Å²) < 4.78 is 0. The Labute approximate surface area is 122 Å². The van der Waals surface area contributed by atoms with E-state index in [1.165, 1.54) is 44.3 Å². The van der Waals surface area contributed by atoms with Crippen LogP contribution >= 0.6 is 11.3 Å². The number of hydrogen-bond donors (Lipinski definition) is 1. The van der Waals surface area contributed by atoms with E-state index in [0.717, 1.165) is 6.04 Å². The molecule has 3 heteroatoms. The molecule has 3 atom stereocenters. The van der Waals surface area contributed by atoms with Crippen LogP contribution in [0.1, 0.15) is 45.6 Å². The molecule has 19 heavy (non-hydrogen) atoms. The molecule has 0 bridgehead atoms. The Balaban J connectivity index is 1.81. The van der Waals surface area contributed by atoms with Crippen LogP contribution in [-0.4, -0.2) is 36.1 Å². The average Bonchev–Trinajstić information content (AvgIpc) is 2.89. The highest BCUT2D eigenvalue weighted by atomic mass is 32.1. The SMILES string of the molecule is CCCNC1CCN(C(C)Cc2ccsc2)C(C)C1. The number of nitrogens with zero attached hydrogens (tertiary/aromatic N) is 1. The number of piperidine rings is 1. The van der Waals surface area contributed by atoms with Crippen LogP contribution < -0.4 is 5.32 Å². The van der Waals surface area contributed by atoms with Crippen LogP contribution in [0.3, 0.4) is 0 Å². The van der Waals surface area contributed by atoms with Crippen molar-refractivity contribution in [3.63, 3.8) is 0 Å². The fourth-order valence-electron chi connectivity index (χ4n) is 3.25. The third-order valence-corrected chi connectivity index (χ3v) is 5.02. The first-order chi connectivity index (χ1) is 9.20. The van der Waals surface area contributed by atoms with Gasteiger partial charge in [-0.25, -0.2) is 0 Å². The lowest BCUT2D eigenvalue weighted by Crippen LogP contribution is -2.51. The van der Waals surface area contributed by atoms with E-state index in [1.54, 1.807) is 0 Å². The van der Waals surface area contributed by atoms with Gasteiger partial charge in [0.15, 0.2) is 0 Å². The topological polar surface area (TPSA) is 15.3 Å². The predicted octanol–water partition coefficient (Wildman–Crippen LogP) is 3.53. The second-order valence-electron chi connectivity index (χ2n) is 5.95. The first-order valence-electron chi connectivity index (χ1n) is 7.71. The third-order valence-electron chi connectivity index (χ3n) is 4.29. The normalized spacial score (nSPS) is 26.5. The van der Waals surface area contributed by atoms with E-state index in [1.807, 2.05) is 11.3 Å². The van der Waals surface area contributed by atoms with Crippen molar-refractivity contribution in [2.45, 2.75) is 64.6 Å². The molecular formula is C16H28N2S. The lowest BCUT2D eigenvalue weighted by molar-refractivity contribution is 0.0956. The van der Waals surface area contributed by atoms with Crippen molar-refractivity contribution >= 4 is 11.3 Å². The average molecular weight is 280 g/mol. The Morgan fingerprint density at radius 3 is 3.00 bits per heavy atom. The molecule has 0 radical (unpaired) electrons. The summed E-state index contributed by atoms with van der Waals surface area (Å²) in [5, 5.41) is 8.16. The van der Waals surface area contributed by atoms with Gasteiger partial charge in [0, 0.05) is 24.7 Å². The van der Waals surface area contributed by atoms with Crippen LogP contribution in [0.15, 0.2) is 16.8 Å². The molecule has 1 N–H and O–H groups in total. The Hall–Kier alpha value is -0.380. The summed E-state index contributed by atoms with van der Waals surface area (Å²) in [6.07, 6.45) is 5.04. The van der Waals surface area contributed by atoms with Crippen molar-refractivity contribution in [2.75, 3.05) is 13.1 Å². The highest BCUT2D eigenvalue weighted by molar-refractivity contribution is 7.07. The summed E-state index contributed by atoms with van der Waals surface area (Å²) >= 11 is 1.81. The van der Waals surface area contributed by atoms with Gasteiger partial charge in [0.2, 0.25) is 0 Å². The van der Waals surface area contributed by atoms with Gasteiger partial charge < -0.3 is 5.32 Å². The summed E-state index contributed by atoms with van der Waals surface area (Å²) in [4.78, 5) is 2.70. The minimum atomic E-state index is 0.664. The summed E-state index contributed by atoms with van der Waals surface area (Å²) in [6, 6.07) is 4.37. The Bertz CT molecular complexity index is 350. The maximum Gasteiger partial charge on any atom is 0.0110 e. The van der Waals surface area contributed by atoms with Gasteiger partial charge in [-0.3, -0.25) is 4.90 Å². The van der Waals surface area contributed by atoms with E-state index in [0.29, 0.717) is 12.1 Å². The first-order valence-corrected chi connectivity index (χ1v) is 8.65. The minimum absolute atomic E-state index is 0.664. The highest BCUT2D eigenvalue weighted by Gasteiger charge is 2.28. The van der Waals surface area contributed by atoms with Crippen molar-refractivity contribution in [3.05, 3.63) is 22.4 Å². The Morgan fingerprint density at radius 2 is 2.37 bits per heavy atom. The molecule has 1 saturated heterocycles. The molecule has 1 aromatic heterocycles. The van der Waals surface area contributed by atoms with Crippen LogP contribution in [0.25, 0.3) is 0 Å². The third kappa shape index (κ3) is 4.30. The second kappa shape index (κ2) is 7.41. The largest absolute Gasteiger partial charge is 0.314 e. The van der Waals surface area contributed by atoms with E-state index >= 15 is 0 Å². The monoisotopic (exact) mass is 280 g/mol. The van der Waals surface area contributed by atoms with Crippen molar-refractivity contribution < 1.29 is 0 Å². The van der Waals surface area contributed by atoms with Crippen LogP contribution in [0.4, 0.5) is 0 Å². The number of nitrogens with one attached hydrogen (secondary N) is 1. The number of hydrogen-bond acceptors (Lipinski definition) is 3. The molecule has 1 aromatic rings. The fraction of sp³-hybridized carbons (Fsp3) is 0.750. The molecule has 1 fully saturated rings. The van der Waals surface area contributed by atoms with Gasteiger partial charge in [0.25, 0.3) is 0 Å². The van der Waals surface area contributed by atoms with Crippen LogP contribution in [0.5, 0.6) is 0 Å². The molecule has 0 aliphatic carbocycles. The molecule has 2 rings (SSSR count). The molecule has 0 saturated carbocycles. The highest BCUT2D eigenvalue weighted by Crippen LogP contribution is 2.22. The van der Waals surface area contributed by atoms with Crippen LogP contribution in [-0.2, 0) is 6.42 Å². The molecule has 3 unspecified atom stereocenters. The molecular weight excluding hydrogens is 252 g/mol. The van der Waals surface area contributed by atoms with Gasteiger partial charge in [-0.2, -0.15) is 11.3 Å². The zero-order valence-corrected chi connectivity index (χ0v) is 13.4. The number of rotatable bonds is 6. The second-order valence-corrected chi connectivity index (χ2v) is 6.73. The Kier molecular flexibility index (Phi) is 5.86. The van der Waals surface area contributed by atoms with Crippen molar-refractivity contribution in [3.8, 4) is 0 Å².